The van der Waals surface area contributed by atoms with E-state index in [1.165, 1.54) is 4.88 Å². The van der Waals surface area contributed by atoms with Crippen molar-refractivity contribution < 1.29 is 14.3 Å². The zero-order valence-corrected chi connectivity index (χ0v) is 18.0. The number of fused-ring (bicyclic) bond motifs is 2. The Labute approximate surface area is 178 Å². The van der Waals surface area contributed by atoms with E-state index in [1.807, 2.05) is 37.4 Å². The summed E-state index contributed by atoms with van der Waals surface area (Å²) in [4.78, 5) is 17.7. The van der Waals surface area contributed by atoms with Crippen molar-refractivity contribution in [1.29, 1.82) is 0 Å². The van der Waals surface area contributed by atoms with Gasteiger partial charge in [0.1, 0.15) is 18.2 Å². The van der Waals surface area contributed by atoms with Crippen LogP contribution in [0.1, 0.15) is 36.8 Å². The summed E-state index contributed by atoms with van der Waals surface area (Å²) in [5, 5.41) is 4.13. The Morgan fingerprint density at radius 1 is 1.17 bits per heavy atom. The average molecular weight is 424 g/mol. The third-order valence-electron chi connectivity index (χ3n) is 5.42. The maximum atomic E-state index is 13.0. The average Bonchev–Trinajstić information content (AvgIpc) is 3.44. The summed E-state index contributed by atoms with van der Waals surface area (Å²) in [6, 6.07) is 8.26. The Morgan fingerprint density at radius 3 is 2.83 bits per heavy atom. The van der Waals surface area contributed by atoms with Crippen LogP contribution >= 0.6 is 22.7 Å². The molecule has 0 bridgehead atoms. The molecule has 0 saturated carbocycles. The van der Waals surface area contributed by atoms with E-state index in [9.17, 15) is 4.79 Å². The molecule has 2 aliphatic heterocycles. The molecular formula is C23H21NO3S2. The highest BCUT2D eigenvalue weighted by atomic mass is 32.1. The molecule has 0 N–H and O–H groups in total. The first-order chi connectivity index (χ1) is 14.1. The molecule has 6 heteroatoms. The summed E-state index contributed by atoms with van der Waals surface area (Å²) < 4.78 is 12.1. The fourth-order valence-electron chi connectivity index (χ4n) is 3.81. The van der Waals surface area contributed by atoms with E-state index in [1.54, 1.807) is 22.7 Å². The summed E-state index contributed by atoms with van der Waals surface area (Å²) in [5.41, 5.74) is 3.76. The second-order valence-electron chi connectivity index (χ2n) is 7.43. The number of nitrogens with zero attached hydrogens (tertiary/aromatic N) is 1. The van der Waals surface area contributed by atoms with Crippen LogP contribution in [0.15, 0.2) is 40.8 Å². The molecule has 0 radical (unpaired) electrons. The summed E-state index contributed by atoms with van der Waals surface area (Å²) in [5.74, 6) is 1.85. The first-order valence-corrected chi connectivity index (χ1v) is 11.4. The van der Waals surface area contributed by atoms with Gasteiger partial charge >= 0.3 is 0 Å². The molecule has 0 unspecified atom stereocenters. The topological polar surface area (TPSA) is 38.8 Å². The molecule has 2 aliphatic rings. The first kappa shape index (κ1) is 18.6. The summed E-state index contributed by atoms with van der Waals surface area (Å²) in [6.45, 7) is 6.29. The van der Waals surface area contributed by atoms with Gasteiger partial charge in [0.25, 0.3) is 0 Å². The molecule has 3 aromatic rings. The summed E-state index contributed by atoms with van der Waals surface area (Å²) >= 11 is 3.40. The Morgan fingerprint density at radius 2 is 2.07 bits per heavy atom. The van der Waals surface area contributed by atoms with E-state index in [0.717, 1.165) is 46.8 Å². The van der Waals surface area contributed by atoms with Crippen LogP contribution in [-0.4, -0.2) is 24.0 Å². The fraction of sp³-hybridized carbons (Fsp3) is 0.261. The van der Waals surface area contributed by atoms with Crippen LogP contribution < -0.4 is 9.47 Å². The fourth-order valence-corrected chi connectivity index (χ4v) is 5.36. The number of thiophene rings is 2. The van der Waals surface area contributed by atoms with Gasteiger partial charge in [0, 0.05) is 40.0 Å². The Kier molecular flexibility index (Phi) is 4.78. The third kappa shape index (κ3) is 3.41. The second kappa shape index (κ2) is 7.44. The van der Waals surface area contributed by atoms with E-state index < -0.39 is 0 Å². The number of benzene rings is 1. The SMILES string of the molecule is Cc1ccsc1/C=C1\Oc2c(cc3c(c2C)OCN(CCc2cccs2)C3)C1=O. The van der Waals surface area contributed by atoms with Gasteiger partial charge < -0.3 is 9.47 Å². The van der Waals surface area contributed by atoms with Gasteiger partial charge in [-0.1, -0.05) is 6.07 Å². The van der Waals surface area contributed by atoms with Gasteiger partial charge in [-0.25, -0.2) is 0 Å². The highest BCUT2D eigenvalue weighted by molar-refractivity contribution is 7.11. The molecule has 1 aromatic carbocycles. The van der Waals surface area contributed by atoms with Gasteiger partial charge in [0.15, 0.2) is 5.76 Å². The van der Waals surface area contributed by atoms with Crippen molar-refractivity contribution in [3.05, 3.63) is 72.8 Å². The molecule has 0 saturated heterocycles. The summed E-state index contributed by atoms with van der Waals surface area (Å²) in [6.07, 6.45) is 2.87. The number of rotatable bonds is 4. The van der Waals surface area contributed by atoms with E-state index >= 15 is 0 Å². The van der Waals surface area contributed by atoms with Crippen molar-refractivity contribution in [2.24, 2.45) is 0 Å². The molecule has 0 aliphatic carbocycles. The summed E-state index contributed by atoms with van der Waals surface area (Å²) in [7, 11) is 0. The van der Waals surface area contributed by atoms with E-state index in [2.05, 4.69) is 22.4 Å². The lowest BCUT2D eigenvalue weighted by Crippen LogP contribution is -2.34. The minimum atomic E-state index is -0.0468. The lowest BCUT2D eigenvalue weighted by Gasteiger charge is -2.30. The lowest BCUT2D eigenvalue weighted by molar-refractivity contribution is 0.0956. The Bertz CT molecular complexity index is 1110. The Hall–Kier alpha value is -2.41. The zero-order chi connectivity index (χ0) is 20.0. The van der Waals surface area contributed by atoms with Gasteiger partial charge in [0.2, 0.25) is 5.78 Å². The maximum Gasteiger partial charge on any atom is 0.232 e. The van der Waals surface area contributed by atoms with Crippen LogP contribution in [-0.2, 0) is 13.0 Å². The van der Waals surface area contributed by atoms with Gasteiger partial charge in [-0.3, -0.25) is 9.69 Å². The molecule has 0 fully saturated rings. The smallest absolute Gasteiger partial charge is 0.232 e. The quantitative estimate of drug-likeness (QED) is 0.524. The predicted molar refractivity (Wildman–Crippen MR) is 117 cm³/mol. The molecule has 0 spiro atoms. The van der Waals surface area contributed by atoms with E-state index in [-0.39, 0.29) is 5.78 Å². The first-order valence-electron chi connectivity index (χ1n) is 9.62. The monoisotopic (exact) mass is 423 g/mol. The van der Waals surface area contributed by atoms with Crippen LogP contribution in [0.25, 0.3) is 6.08 Å². The number of aryl methyl sites for hydroxylation is 1. The van der Waals surface area contributed by atoms with Crippen molar-refractivity contribution in [3.8, 4) is 11.5 Å². The third-order valence-corrected chi connectivity index (χ3v) is 7.32. The highest BCUT2D eigenvalue weighted by Gasteiger charge is 2.33. The van der Waals surface area contributed by atoms with Crippen LogP contribution in [0.2, 0.25) is 0 Å². The van der Waals surface area contributed by atoms with Crippen LogP contribution in [0.3, 0.4) is 0 Å². The van der Waals surface area contributed by atoms with Gasteiger partial charge in [-0.15, -0.1) is 22.7 Å². The largest absolute Gasteiger partial charge is 0.477 e. The van der Waals surface area contributed by atoms with Crippen LogP contribution in [0, 0.1) is 13.8 Å². The number of ether oxygens (including phenoxy) is 2. The van der Waals surface area contributed by atoms with Gasteiger partial charge in [-0.2, -0.15) is 0 Å². The second-order valence-corrected chi connectivity index (χ2v) is 9.41. The molecule has 0 amide bonds. The molecule has 4 heterocycles. The zero-order valence-electron chi connectivity index (χ0n) is 16.4. The number of hydrogen-bond acceptors (Lipinski definition) is 6. The maximum absolute atomic E-state index is 13.0. The number of allylic oxidation sites excluding steroid dienone is 1. The van der Waals surface area contributed by atoms with Gasteiger partial charge in [-0.05, 0) is 54.8 Å². The van der Waals surface area contributed by atoms with Crippen molar-refractivity contribution in [2.45, 2.75) is 26.8 Å². The van der Waals surface area contributed by atoms with Crippen molar-refractivity contribution in [1.82, 2.24) is 4.90 Å². The van der Waals surface area contributed by atoms with E-state index in [0.29, 0.717) is 23.8 Å². The van der Waals surface area contributed by atoms with Crippen molar-refractivity contribution in [2.75, 3.05) is 13.3 Å². The van der Waals surface area contributed by atoms with Crippen LogP contribution in [0.4, 0.5) is 0 Å². The molecule has 5 rings (SSSR count). The van der Waals surface area contributed by atoms with Gasteiger partial charge in [0.05, 0.1) is 5.56 Å². The number of carbonyl (C=O) groups is 1. The molecular weight excluding hydrogens is 402 g/mol. The standard InChI is InChI=1S/C23H21NO3S2/c1-14-6-9-29-20(14)11-19-21(25)18-10-16-12-24(7-5-17-4-3-8-28-17)13-26-22(16)15(2)23(18)27-19/h3-4,6,8-11H,5,7,12-13H2,1-2H3/b19-11-. The van der Waals surface area contributed by atoms with Crippen molar-refractivity contribution in [3.63, 3.8) is 0 Å². The minimum Gasteiger partial charge on any atom is -0.477 e. The van der Waals surface area contributed by atoms with Crippen LogP contribution in [0.5, 0.6) is 11.5 Å². The van der Waals surface area contributed by atoms with Crippen molar-refractivity contribution >= 4 is 34.5 Å². The number of ketones is 1. The predicted octanol–water partition coefficient (Wildman–Crippen LogP) is 5.44. The number of carbonyl (C=O) groups excluding carboxylic acids is 1. The lowest BCUT2D eigenvalue weighted by atomic mass is 10.00. The minimum absolute atomic E-state index is 0.0468. The number of Topliss-reactive ketones (excluding diaryl/α,β-unsaturated/α-hetero) is 1. The normalized spacial score (nSPS) is 17.2. The molecule has 2 aromatic heterocycles. The number of hydrogen-bond donors (Lipinski definition) is 0. The molecule has 29 heavy (non-hydrogen) atoms. The highest BCUT2D eigenvalue weighted by Crippen LogP contribution is 2.43. The van der Waals surface area contributed by atoms with E-state index in [4.69, 9.17) is 9.47 Å². The molecule has 0 atom stereocenters. The molecule has 148 valence electrons. The Balaban J connectivity index is 1.40. The molecule has 4 nitrogen and oxygen atoms in total.